The predicted octanol–water partition coefficient (Wildman–Crippen LogP) is 4.19. The third-order valence-corrected chi connectivity index (χ3v) is 4.55. The standard InChI is InChI=1S/C21H21BrN4O2/c1-2-27-19-11-14(12-25-26-21(23)24)10-18(22)20(19)28-13-16-8-5-7-15-6-3-4-9-17(15)16/h3-12H,2,13H2,1H3,(H4,23,24,26)/b25-12+. The second kappa shape index (κ2) is 9.23. The summed E-state index contributed by atoms with van der Waals surface area (Å²) in [5, 5.41) is 9.79. The molecule has 3 aromatic rings. The first-order valence-electron chi connectivity index (χ1n) is 8.76. The first-order chi connectivity index (χ1) is 13.6. The van der Waals surface area contributed by atoms with Gasteiger partial charge in [0.25, 0.3) is 0 Å². The molecule has 0 aliphatic rings. The van der Waals surface area contributed by atoms with Crippen LogP contribution in [0.5, 0.6) is 11.5 Å². The summed E-state index contributed by atoms with van der Waals surface area (Å²) >= 11 is 3.56. The smallest absolute Gasteiger partial charge is 0.211 e. The summed E-state index contributed by atoms with van der Waals surface area (Å²) in [4.78, 5) is 0. The van der Waals surface area contributed by atoms with E-state index >= 15 is 0 Å². The van der Waals surface area contributed by atoms with E-state index in [2.05, 4.69) is 50.4 Å². The van der Waals surface area contributed by atoms with Crippen LogP contribution in [0.3, 0.4) is 0 Å². The Morgan fingerprint density at radius 1 is 1.07 bits per heavy atom. The van der Waals surface area contributed by atoms with E-state index in [0.29, 0.717) is 24.7 Å². The molecule has 0 atom stereocenters. The Kier molecular flexibility index (Phi) is 6.49. The van der Waals surface area contributed by atoms with Crippen LogP contribution in [0.4, 0.5) is 0 Å². The zero-order chi connectivity index (χ0) is 19.9. The van der Waals surface area contributed by atoms with Crippen LogP contribution >= 0.6 is 15.9 Å². The van der Waals surface area contributed by atoms with Gasteiger partial charge in [-0.1, -0.05) is 42.5 Å². The van der Waals surface area contributed by atoms with Crippen molar-refractivity contribution >= 4 is 38.9 Å². The number of rotatable bonds is 7. The van der Waals surface area contributed by atoms with Gasteiger partial charge in [-0.25, -0.2) is 0 Å². The Bertz CT molecular complexity index is 1020. The van der Waals surface area contributed by atoms with Gasteiger partial charge in [0.1, 0.15) is 6.61 Å². The Morgan fingerprint density at radius 3 is 2.64 bits per heavy atom. The molecule has 3 rings (SSSR count). The summed E-state index contributed by atoms with van der Waals surface area (Å²) in [5.41, 5.74) is 12.4. The monoisotopic (exact) mass is 440 g/mol. The molecule has 0 amide bonds. The van der Waals surface area contributed by atoms with Gasteiger partial charge in [-0.2, -0.15) is 5.10 Å². The Balaban J connectivity index is 1.88. The predicted molar refractivity (Wildman–Crippen MR) is 117 cm³/mol. The molecule has 6 nitrogen and oxygen atoms in total. The van der Waals surface area contributed by atoms with Gasteiger partial charge in [0.15, 0.2) is 11.5 Å². The number of fused-ring (bicyclic) bond motifs is 1. The fraction of sp³-hybridized carbons (Fsp3) is 0.143. The minimum Gasteiger partial charge on any atom is -0.490 e. The molecule has 0 saturated heterocycles. The molecular formula is C21H21BrN4O2. The topological polar surface area (TPSA) is 95.2 Å². The molecule has 0 aliphatic heterocycles. The number of hydrogen-bond donors (Lipinski definition) is 2. The molecule has 0 aliphatic carbocycles. The molecule has 28 heavy (non-hydrogen) atoms. The number of guanidine groups is 1. The lowest BCUT2D eigenvalue weighted by atomic mass is 10.1. The van der Waals surface area contributed by atoms with Crippen molar-refractivity contribution in [2.75, 3.05) is 6.61 Å². The van der Waals surface area contributed by atoms with Crippen LogP contribution in [0.1, 0.15) is 18.1 Å². The summed E-state index contributed by atoms with van der Waals surface area (Å²) in [7, 11) is 0. The lowest BCUT2D eigenvalue weighted by Gasteiger charge is -2.15. The normalized spacial score (nSPS) is 10.9. The summed E-state index contributed by atoms with van der Waals surface area (Å²) in [5.74, 6) is 1.15. The Labute approximate surface area is 172 Å². The molecule has 0 fully saturated rings. The van der Waals surface area contributed by atoms with Crippen molar-refractivity contribution in [2.45, 2.75) is 13.5 Å². The van der Waals surface area contributed by atoms with Crippen molar-refractivity contribution in [3.63, 3.8) is 0 Å². The Hall–Kier alpha value is -3.06. The maximum absolute atomic E-state index is 6.13. The van der Waals surface area contributed by atoms with Crippen molar-refractivity contribution < 1.29 is 9.47 Å². The molecule has 0 aromatic heterocycles. The van der Waals surface area contributed by atoms with Gasteiger partial charge >= 0.3 is 0 Å². The van der Waals surface area contributed by atoms with Crippen LogP contribution in [-0.2, 0) is 6.61 Å². The molecule has 0 bridgehead atoms. The maximum atomic E-state index is 6.13. The fourth-order valence-electron chi connectivity index (χ4n) is 2.80. The van der Waals surface area contributed by atoms with Gasteiger partial charge in [-0.15, -0.1) is 5.10 Å². The third kappa shape index (κ3) is 4.80. The summed E-state index contributed by atoms with van der Waals surface area (Å²) < 4.78 is 12.6. The average Bonchev–Trinajstić information content (AvgIpc) is 2.67. The molecule has 0 saturated carbocycles. The van der Waals surface area contributed by atoms with Crippen molar-refractivity contribution in [1.29, 1.82) is 0 Å². The number of nitrogens with two attached hydrogens (primary N) is 2. The van der Waals surface area contributed by atoms with E-state index < -0.39 is 0 Å². The highest BCUT2D eigenvalue weighted by molar-refractivity contribution is 9.10. The van der Waals surface area contributed by atoms with Gasteiger partial charge in [-0.05, 0) is 56.9 Å². The van der Waals surface area contributed by atoms with E-state index in [1.54, 1.807) is 6.21 Å². The second-order valence-electron chi connectivity index (χ2n) is 5.96. The zero-order valence-electron chi connectivity index (χ0n) is 15.4. The molecule has 3 aromatic carbocycles. The number of halogens is 1. The van der Waals surface area contributed by atoms with Crippen LogP contribution in [-0.4, -0.2) is 18.8 Å². The average molecular weight is 441 g/mol. The van der Waals surface area contributed by atoms with Crippen LogP contribution in [0.2, 0.25) is 0 Å². The quantitative estimate of drug-likeness (QED) is 0.327. The van der Waals surface area contributed by atoms with Crippen LogP contribution in [0.25, 0.3) is 10.8 Å². The molecule has 144 valence electrons. The van der Waals surface area contributed by atoms with E-state index in [-0.39, 0.29) is 5.96 Å². The van der Waals surface area contributed by atoms with Crippen LogP contribution in [0.15, 0.2) is 69.3 Å². The zero-order valence-corrected chi connectivity index (χ0v) is 17.0. The van der Waals surface area contributed by atoms with E-state index in [9.17, 15) is 0 Å². The summed E-state index contributed by atoms with van der Waals surface area (Å²) in [6.07, 6.45) is 1.54. The van der Waals surface area contributed by atoms with Crippen molar-refractivity contribution in [3.05, 3.63) is 70.2 Å². The molecule has 7 heteroatoms. The Morgan fingerprint density at radius 2 is 1.86 bits per heavy atom. The fourth-order valence-corrected chi connectivity index (χ4v) is 3.37. The first-order valence-corrected chi connectivity index (χ1v) is 9.55. The highest BCUT2D eigenvalue weighted by Crippen LogP contribution is 2.37. The van der Waals surface area contributed by atoms with E-state index in [0.717, 1.165) is 15.6 Å². The number of nitrogens with zero attached hydrogens (tertiary/aromatic N) is 2. The summed E-state index contributed by atoms with van der Waals surface area (Å²) in [6.45, 7) is 2.84. The molecule has 0 radical (unpaired) electrons. The highest BCUT2D eigenvalue weighted by Gasteiger charge is 2.13. The maximum Gasteiger partial charge on any atom is 0.211 e. The van der Waals surface area contributed by atoms with Gasteiger partial charge in [0.2, 0.25) is 5.96 Å². The van der Waals surface area contributed by atoms with Crippen LogP contribution < -0.4 is 20.9 Å². The van der Waals surface area contributed by atoms with Gasteiger partial charge < -0.3 is 20.9 Å². The van der Waals surface area contributed by atoms with Crippen molar-refractivity contribution in [3.8, 4) is 11.5 Å². The largest absolute Gasteiger partial charge is 0.490 e. The first kappa shape index (κ1) is 19.7. The lowest BCUT2D eigenvalue weighted by molar-refractivity contribution is 0.268. The SMILES string of the molecule is CCOc1cc(/C=N/N=C(N)N)cc(Br)c1OCc1cccc2ccccc12. The number of hydrogen-bond acceptors (Lipinski definition) is 4. The molecule has 4 N–H and O–H groups in total. The van der Waals surface area contributed by atoms with Crippen LogP contribution in [0, 0.1) is 0 Å². The van der Waals surface area contributed by atoms with Crippen molar-refractivity contribution in [1.82, 2.24) is 0 Å². The van der Waals surface area contributed by atoms with Crippen molar-refractivity contribution in [2.24, 2.45) is 21.7 Å². The van der Waals surface area contributed by atoms with Gasteiger partial charge in [0, 0.05) is 0 Å². The highest BCUT2D eigenvalue weighted by atomic mass is 79.9. The number of benzene rings is 3. The molecule has 0 heterocycles. The molecular weight excluding hydrogens is 420 g/mol. The molecule has 0 spiro atoms. The van der Waals surface area contributed by atoms with E-state index in [1.807, 2.05) is 37.3 Å². The minimum atomic E-state index is -0.101. The lowest BCUT2D eigenvalue weighted by Crippen LogP contribution is -2.21. The van der Waals surface area contributed by atoms with E-state index in [4.69, 9.17) is 20.9 Å². The van der Waals surface area contributed by atoms with Gasteiger partial charge in [0.05, 0.1) is 17.3 Å². The molecule has 0 unspecified atom stereocenters. The van der Waals surface area contributed by atoms with Gasteiger partial charge in [-0.3, -0.25) is 0 Å². The third-order valence-electron chi connectivity index (χ3n) is 3.96. The minimum absolute atomic E-state index is 0.101. The number of ether oxygens (including phenoxy) is 2. The summed E-state index contributed by atoms with van der Waals surface area (Å²) in [6, 6.07) is 18.1. The second-order valence-corrected chi connectivity index (χ2v) is 6.81. The van der Waals surface area contributed by atoms with E-state index in [1.165, 1.54) is 10.8 Å².